The zero-order valence-corrected chi connectivity index (χ0v) is 11.0. The van der Waals surface area contributed by atoms with Crippen LogP contribution in [-0.2, 0) is 4.74 Å². The zero-order chi connectivity index (χ0) is 6.99. The predicted octanol–water partition coefficient (Wildman–Crippen LogP) is -0.918. The van der Waals surface area contributed by atoms with Gasteiger partial charge in [-0.15, -0.1) is 0 Å². The molecule has 0 heterocycles. The van der Waals surface area contributed by atoms with E-state index in [1.54, 1.807) is 6.92 Å². The molecule has 0 aliphatic heterocycles. The molecule has 0 saturated heterocycles. The third-order valence-corrected chi connectivity index (χ3v) is 0.515. The van der Waals surface area contributed by atoms with Crippen molar-refractivity contribution in [2.24, 2.45) is 0 Å². The van der Waals surface area contributed by atoms with Gasteiger partial charge in [0.05, 0.1) is 6.61 Å². The van der Waals surface area contributed by atoms with Crippen molar-refractivity contribution >= 4 is 29.2 Å². The van der Waals surface area contributed by atoms with Crippen LogP contribution in [0.1, 0.15) is 13.8 Å². The largest absolute Gasteiger partial charge is 1.00 e. The molecule has 0 aromatic heterocycles. The third-order valence-electron chi connectivity index (χ3n) is 0.268. The van der Waals surface area contributed by atoms with Gasteiger partial charge in [0.15, 0.2) is 0 Å². The predicted molar refractivity (Wildman–Crippen MR) is 44.2 cm³/mol. The van der Waals surface area contributed by atoms with E-state index in [2.05, 4.69) is 36.5 Å². The van der Waals surface area contributed by atoms with Crippen LogP contribution in [0, 0.1) is 6.92 Å². The normalized spacial score (nSPS) is 5.78. The molecule has 0 radical (unpaired) electrons. The Kier molecular flexibility index (Phi) is 31.3. The molecule has 0 rings (SSSR count). The van der Waals surface area contributed by atoms with E-state index in [4.69, 9.17) is 0 Å². The van der Waals surface area contributed by atoms with Gasteiger partial charge in [0.2, 0.25) is 4.38 Å². The summed E-state index contributed by atoms with van der Waals surface area (Å²) in [6.45, 7) is 7.48. The second kappa shape index (κ2) is 16.5. The Morgan fingerprint density at radius 1 is 1.67 bits per heavy atom. The van der Waals surface area contributed by atoms with Crippen molar-refractivity contribution in [2.45, 2.75) is 13.8 Å². The topological polar surface area (TPSA) is 9.23 Å². The molecule has 0 aliphatic carbocycles. The van der Waals surface area contributed by atoms with E-state index < -0.39 is 0 Å². The van der Waals surface area contributed by atoms with Gasteiger partial charge < -0.3 is 11.7 Å². The van der Waals surface area contributed by atoms with Crippen molar-refractivity contribution in [3.8, 4) is 0 Å². The summed E-state index contributed by atoms with van der Waals surface area (Å²) in [7, 11) is 0. The van der Waals surface area contributed by atoms with Gasteiger partial charge in [0, 0.05) is 0 Å². The van der Waals surface area contributed by atoms with E-state index in [0.29, 0.717) is 11.0 Å². The molecule has 0 amide bonds. The van der Waals surface area contributed by atoms with E-state index in [1.165, 1.54) is 0 Å². The number of rotatable bonds is 1. The summed E-state index contributed by atoms with van der Waals surface area (Å²) in [6.07, 6.45) is 0. The number of hydrogen-bond acceptors (Lipinski definition) is 2. The van der Waals surface area contributed by atoms with Crippen molar-refractivity contribution in [1.82, 2.24) is 0 Å². The van der Waals surface area contributed by atoms with Gasteiger partial charge in [-0.1, -0.05) is 12.6 Å². The molecule has 9 heavy (non-hydrogen) atoms. The minimum atomic E-state index is 0. The first-order valence-electron chi connectivity index (χ1n) is 2.33. The van der Waals surface area contributed by atoms with E-state index in [0.717, 1.165) is 0 Å². The average molecular weight is 190 g/mol. The fourth-order valence-corrected chi connectivity index (χ4v) is 0.370. The zero-order valence-electron chi connectivity index (χ0n) is 6.18. The van der Waals surface area contributed by atoms with E-state index in [1.807, 2.05) is 6.92 Å². The van der Waals surface area contributed by atoms with Gasteiger partial charge in [0.1, 0.15) is 0 Å². The fourth-order valence-electron chi connectivity index (χ4n) is 0.123. The maximum atomic E-state index is 4.64. The van der Waals surface area contributed by atoms with Crippen LogP contribution in [0.4, 0.5) is 0 Å². The molecule has 0 unspecified atom stereocenters. The Balaban J connectivity index is -0.000000109. The van der Waals surface area contributed by atoms with Crippen molar-refractivity contribution < 1.29 is 56.1 Å². The maximum absolute atomic E-state index is 4.64. The van der Waals surface area contributed by atoms with Gasteiger partial charge in [-0.2, -0.15) is 6.92 Å². The van der Waals surface area contributed by atoms with Crippen LogP contribution in [0.15, 0.2) is 0 Å². The second-order valence-corrected chi connectivity index (χ2v) is 1.78. The second-order valence-electron chi connectivity index (χ2n) is 0.699. The van der Waals surface area contributed by atoms with E-state index in [-0.39, 0.29) is 51.4 Å². The van der Waals surface area contributed by atoms with Gasteiger partial charge >= 0.3 is 51.4 Å². The Bertz CT molecular complexity index is 58.9. The molecule has 1 nitrogen and oxygen atoms in total. The van der Waals surface area contributed by atoms with Crippen LogP contribution in [0.3, 0.4) is 0 Å². The summed E-state index contributed by atoms with van der Waals surface area (Å²) in [6, 6.07) is 0. The van der Waals surface area contributed by atoms with Crippen LogP contribution < -0.4 is 51.4 Å². The summed E-state index contributed by atoms with van der Waals surface area (Å²) in [4.78, 5) is 0. The summed E-state index contributed by atoms with van der Waals surface area (Å²) in [5.74, 6) is 0. The molecule has 50 valence electrons. The van der Waals surface area contributed by atoms with Crippen LogP contribution in [0.5, 0.6) is 0 Å². The molecule has 0 aromatic rings. The van der Waals surface area contributed by atoms with Crippen LogP contribution >= 0.6 is 24.8 Å². The van der Waals surface area contributed by atoms with Crippen molar-refractivity contribution in [2.75, 3.05) is 6.61 Å². The van der Waals surface area contributed by atoms with Gasteiger partial charge in [0.25, 0.3) is 0 Å². The fraction of sp³-hybridized carbons (Fsp3) is 0.600. The third kappa shape index (κ3) is 25.8. The molecule has 0 fully saturated rings. The SMILES string of the molecule is CCOC(=S)S.[CH2-]C.[K+]. The monoisotopic (exact) mass is 190 g/mol. The first kappa shape index (κ1) is 17.1. The van der Waals surface area contributed by atoms with E-state index >= 15 is 0 Å². The van der Waals surface area contributed by atoms with Crippen LogP contribution in [0.25, 0.3) is 0 Å². The molecule has 0 bridgehead atoms. The minimum absolute atomic E-state index is 0. The maximum Gasteiger partial charge on any atom is 1.00 e. The smallest absolute Gasteiger partial charge is 0.479 e. The molecular weight excluding hydrogens is 179 g/mol. The quantitative estimate of drug-likeness (QED) is 0.248. The Labute approximate surface area is 111 Å². The molecule has 4 heteroatoms. The van der Waals surface area contributed by atoms with Gasteiger partial charge in [-0.3, -0.25) is 0 Å². The standard InChI is InChI=1S/C3H6OS2.C2H5.K/c1-2-4-3(5)6;1-2;/h2H2,1H3,(H,5,6);1H2,2H3;/q;-1;+1. The first-order valence-corrected chi connectivity index (χ1v) is 3.19. The molecular formula is C5H11KOS2. The average Bonchev–Trinajstić information content (AvgIpc) is 1.72. The Morgan fingerprint density at radius 3 is 2.00 bits per heavy atom. The van der Waals surface area contributed by atoms with Gasteiger partial charge in [-0.05, 0) is 19.1 Å². The summed E-state index contributed by atoms with van der Waals surface area (Å²) < 4.78 is 4.95. The molecule has 0 atom stereocenters. The molecule has 0 saturated carbocycles. The van der Waals surface area contributed by atoms with Crippen molar-refractivity contribution in [3.05, 3.63) is 6.92 Å². The van der Waals surface area contributed by atoms with E-state index in [9.17, 15) is 0 Å². The number of ether oxygens (including phenoxy) is 1. The minimum Gasteiger partial charge on any atom is -0.479 e. The summed E-state index contributed by atoms with van der Waals surface area (Å²) in [5.41, 5.74) is 0. The molecule has 0 aromatic carbocycles. The molecule has 0 spiro atoms. The summed E-state index contributed by atoms with van der Waals surface area (Å²) >= 11 is 8.12. The van der Waals surface area contributed by atoms with Crippen molar-refractivity contribution in [1.29, 1.82) is 0 Å². The van der Waals surface area contributed by atoms with Crippen molar-refractivity contribution in [3.63, 3.8) is 0 Å². The number of hydrogen-bond donors (Lipinski definition) is 1. The summed E-state index contributed by atoms with van der Waals surface area (Å²) in [5, 5.41) is 0. The van der Waals surface area contributed by atoms with Crippen LogP contribution in [0.2, 0.25) is 0 Å². The number of thiocarbonyl (C=S) groups is 1. The molecule has 0 aliphatic rings. The number of thiol groups is 1. The Hall–Kier alpha value is 1.88. The van der Waals surface area contributed by atoms with Crippen LogP contribution in [-0.4, -0.2) is 11.0 Å². The Morgan fingerprint density at radius 2 is 2.00 bits per heavy atom. The van der Waals surface area contributed by atoms with Gasteiger partial charge in [-0.25, -0.2) is 0 Å². The molecule has 0 N–H and O–H groups in total. The first-order chi connectivity index (χ1) is 3.77.